The van der Waals surface area contributed by atoms with Gasteiger partial charge in [-0.05, 0) is 30.9 Å². The van der Waals surface area contributed by atoms with E-state index >= 15 is 0 Å². The first-order valence-electron chi connectivity index (χ1n) is 5.26. The molecule has 1 aromatic carbocycles. The number of hydrogen-bond acceptors (Lipinski definition) is 3. The number of carbonyl (C=O) groups is 1. The van der Waals surface area contributed by atoms with E-state index < -0.39 is 0 Å². The number of Topliss-reactive ketones (excluding diaryl/α,β-unsaturated/α-hetero) is 1. The van der Waals surface area contributed by atoms with Gasteiger partial charge in [0.25, 0.3) is 0 Å². The van der Waals surface area contributed by atoms with E-state index in [9.17, 15) is 4.79 Å². The Labute approximate surface area is 99.8 Å². The van der Waals surface area contributed by atoms with Crippen molar-refractivity contribution in [2.45, 2.75) is 25.8 Å². The van der Waals surface area contributed by atoms with Gasteiger partial charge < -0.3 is 0 Å². The van der Waals surface area contributed by atoms with Gasteiger partial charge in [-0.1, -0.05) is 24.3 Å². The minimum Gasteiger partial charge on any atom is -0.291 e. The highest BCUT2D eigenvalue weighted by Crippen LogP contribution is 2.18. The molecular weight excluding hydrogens is 224 g/mol. The fraction of sp³-hybridized carbons (Fsp3) is 0.333. The van der Waals surface area contributed by atoms with Gasteiger partial charge in [0.15, 0.2) is 0 Å². The molecule has 0 saturated carbocycles. The highest BCUT2D eigenvalue weighted by molar-refractivity contribution is 6.34. The lowest BCUT2D eigenvalue weighted by Gasteiger charge is -2.14. The van der Waals surface area contributed by atoms with Gasteiger partial charge in [0.2, 0.25) is 5.78 Å². The molecule has 1 aliphatic heterocycles. The Morgan fingerprint density at radius 2 is 2.19 bits per heavy atom. The minimum atomic E-state index is -0.304. The van der Waals surface area contributed by atoms with Crippen molar-refractivity contribution in [3.63, 3.8) is 0 Å². The van der Waals surface area contributed by atoms with Crippen molar-refractivity contribution in [3.8, 4) is 0 Å². The van der Waals surface area contributed by atoms with Crippen molar-refractivity contribution in [1.29, 1.82) is 0 Å². The number of rotatable bonds is 3. The number of ketones is 1. The summed E-state index contributed by atoms with van der Waals surface area (Å²) >= 11 is 5.79. The van der Waals surface area contributed by atoms with E-state index in [1.54, 1.807) is 0 Å². The Bertz CT molecular complexity index is 431. The normalized spacial score (nSPS) is 19.5. The molecule has 0 radical (unpaired) electrons. The Morgan fingerprint density at radius 1 is 1.44 bits per heavy atom. The van der Waals surface area contributed by atoms with Crippen LogP contribution >= 0.6 is 11.8 Å². The summed E-state index contributed by atoms with van der Waals surface area (Å²) in [6.07, 6.45) is 2.83. The smallest absolute Gasteiger partial charge is 0.201 e. The molecule has 0 amide bonds. The SMILES string of the molecule is Cc1ccccc1CCC1C(=O)C=NN1Cl. The molecule has 3 nitrogen and oxygen atoms in total. The van der Waals surface area contributed by atoms with Crippen LogP contribution in [0.1, 0.15) is 17.5 Å². The second kappa shape index (κ2) is 4.66. The number of hydrazone groups is 1. The van der Waals surface area contributed by atoms with E-state index in [2.05, 4.69) is 24.2 Å². The first kappa shape index (κ1) is 11.1. The van der Waals surface area contributed by atoms with E-state index in [0.717, 1.165) is 6.42 Å². The monoisotopic (exact) mass is 236 g/mol. The largest absolute Gasteiger partial charge is 0.291 e. The van der Waals surface area contributed by atoms with Gasteiger partial charge in [-0.15, -0.1) is 0 Å². The lowest BCUT2D eigenvalue weighted by Crippen LogP contribution is -2.26. The van der Waals surface area contributed by atoms with Crippen molar-refractivity contribution in [2.24, 2.45) is 5.10 Å². The molecule has 16 heavy (non-hydrogen) atoms. The molecule has 0 fully saturated rings. The van der Waals surface area contributed by atoms with Gasteiger partial charge in [-0.3, -0.25) is 4.79 Å². The average Bonchev–Trinajstić information content (AvgIpc) is 2.58. The summed E-state index contributed by atoms with van der Waals surface area (Å²) in [6.45, 7) is 2.07. The zero-order chi connectivity index (χ0) is 11.5. The predicted octanol–water partition coefficient (Wildman–Crippen LogP) is 2.32. The van der Waals surface area contributed by atoms with E-state index in [0.29, 0.717) is 6.42 Å². The van der Waals surface area contributed by atoms with Crippen LogP contribution in [0.15, 0.2) is 29.4 Å². The predicted molar refractivity (Wildman–Crippen MR) is 64.5 cm³/mol. The molecule has 84 valence electrons. The Balaban J connectivity index is 1.98. The summed E-state index contributed by atoms with van der Waals surface area (Å²) in [5.41, 5.74) is 2.50. The van der Waals surface area contributed by atoms with Gasteiger partial charge in [0.1, 0.15) is 6.04 Å². The molecule has 1 aliphatic rings. The topological polar surface area (TPSA) is 32.7 Å². The van der Waals surface area contributed by atoms with Crippen molar-refractivity contribution < 1.29 is 4.79 Å². The highest BCUT2D eigenvalue weighted by Gasteiger charge is 2.27. The van der Waals surface area contributed by atoms with Crippen LogP contribution in [0.25, 0.3) is 0 Å². The Hall–Kier alpha value is -1.35. The van der Waals surface area contributed by atoms with E-state index in [1.165, 1.54) is 21.9 Å². The van der Waals surface area contributed by atoms with Crippen LogP contribution in [0.3, 0.4) is 0 Å². The van der Waals surface area contributed by atoms with Crippen LogP contribution in [0.2, 0.25) is 0 Å². The number of aryl methyl sites for hydroxylation is 2. The van der Waals surface area contributed by atoms with Crippen LogP contribution in [0.5, 0.6) is 0 Å². The molecule has 0 aliphatic carbocycles. The number of nitrogens with zero attached hydrogens (tertiary/aromatic N) is 2. The lowest BCUT2D eigenvalue weighted by molar-refractivity contribution is -0.114. The van der Waals surface area contributed by atoms with E-state index in [1.807, 2.05) is 12.1 Å². The number of hydrogen-bond donors (Lipinski definition) is 0. The molecule has 0 aromatic heterocycles. The van der Waals surface area contributed by atoms with Gasteiger partial charge >= 0.3 is 0 Å². The van der Waals surface area contributed by atoms with Crippen LogP contribution in [0, 0.1) is 6.92 Å². The first-order chi connectivity index (χ1) is 7.68. The molecule has 1 aromatic rings. The van der Waals surface area contributed by atoms with Gasteiger partial charge in [0, 0.05) is 11.8 Å². The molecule has 1 atom stereocenters. The van der Waals surface area contributed by atoms with Gasteiger partial charge in [-0.25, -0.2) is 0 Å². The fourth-order valence-electron chi connectivity index (χ4n) is 1.82. The summed E-state index contributed by atoms with van der Waals surface area (Å²) in [5.74, 6) is -0.0106. The van der Waals surface area contributed by atoms with Crippen LogP contribution in [0.4, 0.5) is 0 Å². The molecule has 0 bridgehead atoms. The number of halogens is 1. The highest BCUT2D eigenvalue weighted by atomic mass is 35.5. The molecule has 0 saturated heterocycles. The lowest BCUT2D eigenvalue weighted by atomic mass is 10.00. The van der Waals surface area contributed by atoms with Crippen LogP contribution < -0.4 is 0 Å². The quantitative estimate of drug-likeness (QED) is 0.755. The summed E-state index contributed by atoms with van der Waals surface area (Å²) < 4.78 is 1.22. The average molecular weight is 237 g/mol. The number of carbonyl (C=O) groups excluding carboxylic acids is 1. The zero-order valence-electron chi connectivity index (χ0n) is 9.06. The van der Waals surface area contributed by atoms with Crippen molar-refractivity contribution >= 4 is 23.8 Å². The summed E-state index contributed by atoms with van der Waals surface area (Å²) in [4.78, 5) is 11.4. The molecule has 1 heterocycles. The van der Waals surface area contributed by atoms with Crippen molar-refractivity contribution in [2.75, 3.05) is 0 Å². The van der Waals surface area contributed by atoms with Crippen LogP contribution in [-0.2, 0) is 11.2 Å². The standard InChI is InChI=1S/C12H13ClN2O/c1-9-4-2-3-5-10(9)6-7-11-12(16)8-14-15(11)13/h2-5,8,11H,6-7H2,1H3. The van der Waals surface area contributed by atoms with E-state index in [4.69, 9.17) is 11.8 Å². The third kappa shape index (κ3) is 2.25. The fourth-order valence-corrected chi connectivity index (χ4v) is 2.05. The summed E-state index contributed by atoms with van der Waals surface area (Å²) in [5, 5.41) is 3.76. The van der Waals surface area contributed by atoms with Crippen molar-refractivity contribution in [3.05, 3.63) is 35.4 Å². The van der Waals surface area contributed by atoms with Gasteiger partial charge in [0.05, 0.1) is 6.21 Å². The molecule has 2 rings (SSSR count). The maximum Gasteiger partial charge on any atom is 0.201 e. The Morgan fingerprint density at radius 3 is 2.81 bits per heavy atom. The molecule has 0 spiro atoms. The zero-order valence-corrected chi connectivity index (χ0v) is 9.81. The Kier molecular flexibility index (Phi) is 3.25. The second-order valence-electron chi connectivity index (χ2n) is 3.92. The molecule has 1 unspecified atom stereocenters. The summed E-state index contributed by atoms with van der Waals surface area (Å²) in [7, 11) is 0. The van der Waals surface area contributed by atoms with E-state index in [-0.39, 0.29) is 11.8 Å². The van der Waals surface area contributed by atoms with Crippen molar-refractivity contribution in [1.82, 2.24) is 4.53 Å². The second-order valence-corrected chi connectivity index (χ2v) is 4.26. The molecule has 4 heteroatoms. The third-order valence-corrected chi connectivity index (χ3v) is 3.15. The maximum absolute atomic E-state index is 11.4. The molecular formula is C12H13ClN2O. The van der Waals surface area contributed by atoms with Gasteiger partial charge in [-0.2, -0.15) is 9.63 Å². The number of benzene rings is 1. The first-order valence-corrected chi connectivity index (χ1v) is 5.59. The van der Waals surface area contributed by atoms with Crippen LogP contribution in [-0.4, -0.2) is 22.6 Å². The molecule has 0 N–H and O–H groups in total. The summed E-state index contributed by atoms with van der Waals surface area (Å²) in [6, 6.07) is 7.86. The third-order valence-electron chi connectivity index (χ3n) is 2.83. The minimum absolute atomic E-state index is 0.0106. The maximum atomic E-state index is 11.4.